The second kappa shape index (κ2) is 9.11. The molecular formula is C26H20F3N7O2. The Balaban J connectivity index is 1.50. The Bertz CT molecular complexity index is 1770. The SMILES string of the molecule is N#Cc1ccc2nc(-c3ncc4c(n3)n(Cc3cccc(C(F)(F)F)c3)c(=O)n4C3CCOCC3)[nH]c2c1. The lowest BCUT2D eigenvalue weighted by Gasteiger charge is -2.23. The molecule has 1 N–H and O–H groups in total. The third-order valence-electron chi connectivity index (χ3n) is 6.68. The number of rotatable bonds is 4. The predicted octanol–water partition coefficient (Wildman–Crippen LogP) is 4.43. The maximum Gasteiger partial charge on any atom is 0.416 e. The molecule has 0 saturated carbocycles. The third kappa shape index (κ3) is 4.20. The van der Waals surface area contributed by atoms with E-state index in [4.69, 9.17) is 4.74 Å². The molecule has 1 aliphatic rings. The van der Waals surface area contributed by atoms with Gasteiger partial charge in [0, 0.05) is 19.3 Å². The first kappa shape index (κ1) is 23.9. The van der Waals surface area contributed by atoms with E-state index in [1.165, 1.54) is 10.6 Å². The molecule has 6 rings (SSSR count). The van der Waals surface area contributed by atoms with Crippen LogP contribution in [0.3, 0.4) is 0 Å². The summed E-state index contributed by atoms with van der Waals surface area (Å²) in [5.41, 5.74) is 1.65. The van der Waals surface area contributed by atoms with Crippen molar-refractivity contribution >= 4 is 22.2 Å². The molecule has 0 radical (unpaired) electrons. The van der Waals surface area contributed by atoms with Crippen LogP contribution in [0.4, 0.5) is 13.2 Å². The van der Waals surface area contributed by atoms with E-state index in [1.807, 2.05) is 0 Å². The molecule has 1 fully saturated rings. The van der Waals surface area contributed by atoms with E-state index in [0.717, 1.165) is 12.1 Å². The first-order valence-corrected chi connectivity index (χ1v) is 11.9. The Morgan fingerprint density at radius 3 is 2.71 bits per heavy atom. The number of aromatic nitrogens is 6. The van der Waals surface area contributed by atoms with Gasteiger partial charge in [-0.15, -0.1) is 0 Å². The van der Waals surface area contributed by atoms with E-state index in [-0.39, 0.29) is 24.1 Å². The van der Waals surface area contributed by atoms with Crippen LogP contribution < -0.4 is 5.69 Å². The lowest BCUT2D eigenvalue weighted by Crippen LogP contribution is -2.31. The number of nitrogens with zero attached hydrogens (tertiary/aromatic N) is 6. The molecule has 9 nitrogen and oxygen atoms in total. The van der Waals surface area contributed by atoms with Gasteiger partial charge in [-0.3, -0.25) is 9.13 Å². The van der Waals surface area contributed by atoms with Crippen molar-refractivity contribution in [1.29, 1.82) is 5.26 Å². The molecule has 4 heterocycles. The smallest absolute Gasteiger partial charge is 0.381 e. The molecule has 0 bridgehead atoms. The van der Waals surface area contributed by atoms with Gasteiger partial charge in [0.05, 0.1) is 41.0 Å². The summed E-state index contributed by atoms with van der Waals surface area (Å²) in [5.74, 6) is 0.558. The fraction of sp³-hybridized carbons (Fsp3) is 0.269. The van der Waals surface area contributed by atoms with Gasteiger partial charge >= 0.3 is 11.9 Å². The van der Waals surface area contributed by atoms with Crippen molar-refractivity contribution in [3.05, 3.63) is 75.8 Å². The van der Waals surface area contributed by atoms with Gasteiger partial charge in [0.25, 0.3) is 0 Å². The number of aromatic amines is 1. The zero-order valence-electron chi connectivity index (χ0n) is 19.9. The van der Waals surface area contributed by atoms with Gasteiger partial charge in [-0.2, -0.15) is 18.4 Å². The lowest BCUT2D eigenvalue weighted by atomic mass is 10.1. The van der Waals surface area contributed by atoms with Crippen molar-refractivity contribution in [3.63, 3.8) is 0 Å². The minimum atomic E-state index is -4.50. The lowest BCUT2D eigenvalue weighted by molar-refractivity contribution is -0.137. The van der Waals surface area contributed by atoms with Gasteiger partial charge in [0.2, 0.25) is 0 Å². The Morgan fingerprint density at radius 1 is 1.13 bits per heavy atom. The molecular weight excluding hydrogens is 499 g/mol. The number of hydrogen-bond acceptors (Lipinski definition) is 6. The fourth-order valence-electron chi connectivity index (χ4n) is 4.83. The van der Waals surface area contributed by atoms with E-state index >= 15 is 0 Å². The van der Waals surface area contributed by atoms with Crippen molar-refractivity contribution in [1.82, 2.24) is 29.1 Å². The minimum Gasteiger partial charge on any atom is -0.381 e. The zero-order chi connectivity index (χ0) is 26.4. The summed E-state index contributed by atoms with van der Waals surface area (Å²) in [6, 6.07) is 11.9. The van der Waals surface area contributed by atoms with Crippen molar-refractivity contribution in [2.24, 2.45) is 0 Å². The number of H-pyrrole nitrogens is 1. The number of halogens is 3. The maximum atomic E-state index is 13.7. The fourth-order valence-corrected chi connectivity index (χ4v) is 4.83. The predicted molar refractivity (Wildman–Crippen MR) is 131 cm³/mol. The number of alkyl halides is 3. The summed E-state index contributed by atoms with van der Waals surface area (Å²) < 4.78 is 48.4. The van der Waals surface area contributed by atoms with Crippen LogP contribution >= 0.6 is 0 Å². The van der Waals surface area contributed by atoms with Gasteiger partial charge in [-0.05, 0) is 48.7 Å². The highest BCUT2D eigenvalue weighted by atomic mass is 19.4. The highest BCUT2D eigenvalue weighted by Gasteiger charge is 2.31. The quantitative estimate of drug-likeness (QED) is 0.376. The molecule has 12 heteroatoms. The van der Waals surface area contributed by atoms with Crippen LogP contribution in [0.15, 0.2) is 53.5 Å². The molecule has 0 atom stereocenters. The van der Waals surface area contributed by atoms with Crippen LogP contribution in [0.25, 0.3) is 33.8 Å². The van der Waals surface area contributed by atoms with Crippen molar-refractivity contribution in [2.45, 2.75) is 31.6 Å². The number of fused-ring (bicyclic) bond motifs is 2. The average molecular weight is 519 g/mol. The van der Waals surface area contributed by atoms with Gasteiger partial charge in [0.15, 0.2) is 17.3 Å². The summed E-state index contributed by atoms with van der Waals surface area (Å²) in [6.45, 7) is 0.900. The highest BCUT2D eigenvalue weighted by Crippen LogP contribution is 2.30. The molecule has 192 valence electrons. The largest absolute Gasteiger partial charge is 0.416 e. The molecule has 5 aromatic rings. The van der Waals surface area contributed by atoms with E-state index < -0.39 is 11.7 Å². The van der Waals surface area contributed by atoms with E-state index in [9.17, 15) is 23.2 Å². The number of nitrogens with one attached hydrogen (secondary N) is 1. The molecule has 3 aromatic heterocycles. The Morgan fingerprint density at radius 2 is 1.95 bits per heavy atom. The summed E-state index contributed by atoms with van der Waals surface area (Å²) in [5, 5.41) is 9.17. The van der Waals surface area contributed by atoms with Gasteiger partial charge in [-0.25, -0.2) is 19.7 Å². The van der Waals surface area contributed by atoms with Gasteiger partial charge in [-0.1, -0.05) is 12.1 Å². The standard InChI is InChI=1S/C26H20F3N7O2/c27-26(28,29)17-3-1-2-16(10-17)14-35-24-21(36(25(35)37)18-6-8-38-9-7-18)13-31-22(34-24)23-32-19-5-4-15(12-30)11-20(19)33-23/h1-5,10-11,13,18H,6-9,14H2,(H,32,33). The van der Waals surface area contributed by atoms with Gasteiger partial charge in [0.1, 0.15) is 5.52 Å². The second-order valence-corrected chi connectivity index (χ2v) is 9.11. The van der Waals surface area contributed by atoms with Crippen molar-refractivity contribution in [3.8, 4) is 17.7 Å². The highest BCUT2D eigenvalue weighted by molar-refractivity contribution is 5.80. The zero-order valence-corrected chi connectivity index (χ0v) is 19.9. The molecule has 0 spiro atoms. The van der Waals surface area contributed by atoms with Crippen molar-refractivity contribution < 1.29 is 17.9 Å². The molecule has 2 aromatic carbocycles. The number of imidazole rings is 2. The van der Waals surface area contributed by atoms with E-state index in [0.29, 0.717) is 65.2 Å². The van der Waals surface area contributed by atoms with Crippen LogP contribution in [0, 0.1) is 11.3 Å². The average Bonchev–Trinajstić information content (AvgIpc) is 3.47. The molecule has 38 heavy (non-hydrogen) atoms. The van der Waals surface area contributed by atoms with Gasteiger partial charge < -0.3 is 9.72 Å². The summed E-state index contributed by atoms with van der Waals surface area (Å²) in [4.78, 5) is 30.4. The van der Waals surface area contributed by atoms with E-state index in [1.54, 1.807) is 35.0 Å². The first-order chi connectivity index (χ1) is 18.3. The summed E-state index contributed by atoms with van der Waals surface area (Å²) in [7, 11) is 0. The number of ether oxygens (including phenoxy) is 1. The monoisotopic (exact) mass is 519 g/mol. The summed E-state index contributed by atoms with van der Waals surface area (Å²) >= 11 is 0. The Labute approximate surface area is 213 Å². The topological polar surface area (TPSA) is 114 Å². The molecule has 1 saturated heterocycles. The molecule has 1 aliphatic heterocycles. The first-order valence-electron chi connectivity index (χ1n) is 11.9. The Kier molecular flexibility index (Phi) is 5.72. The number of nitriles is 1. The maximum absolute atomic E-state index is 13.7. The second-order valence-electron chi connectivity index (χ2n) is 9.11. The normalized spacial score (nSPS) is 14.8. The van der Waals surface area contributed by atoms with Crippen LogP contribution in [0.1, 0.15) is 35.6 Å². The molecule has 0 unspecified atom stereocenters. The van der Waals surface area contributed by atoms with Crippen LogP contribution in [0.5, 0.6) is 0 Å². The Hall–Kier alpha value is -4.50. The van der Waals surface area contributed by atoms with E-state index in [2.05, 4.69) is 26.0 Å². The third-order valence-corrected chi connectivity index (χ3v) is 6.68. The minimum absolute atomic E-state index is 0.0996. The summed E-state index contributed by atoms with van der Waals surface area (Å²) in [6.07, 6.45) is -1.71. The number of benzene rings is 2. The van der Waals surface area contributed by atoms with Crippen LogP contribution in [0.2, 0.25) is 0 Å². The molecule has 0 amide bonds. The van der Waals surface area contributed by atoms with Crippen LogP contribution in [-0.2, 0) is 17.5 Å². The van der Waals surface area contributed by atoms with Crippen molar-refractivity contribution in [2.75, 3.05) is 13.2 Å². The van der Waals surface area contributed by atoms with Crippen LogP contribution in [-0.4, -0.2) is 42.3 Å². The number of hydrogen-bond donors (Lipinski definition) is 1. The molecule has 0 aliphatic carbocycles.